The number of hydrogen-bond donors (Lipinski definition) is 1. The molecule has 0 saturated carbocycles. The van der Waals surface area contributed by atoms with E-state index in [1.165, 1.54) is 0 Å². The van der Waals surface area contributed by atoms with Crippen LogP contribution in [0.4, 0.5) is 5.69 Å². The van der Waals surface area contributed by atoms with Gasteiger partial charge in [0.15, 0.2) is 0 Å². The molecule has 35 heavy (non-hydrogen) atoms. The molecule has 1 N–H and O–H groups in total. The van der Waals surface area contributed by atoms with E-state index >= 15 is 0 Å². The van der Waals surface area contributed by atoms with Gasteiger partial charge in [-0.15, -0.1) is 0 Å². The Hall–Kier alpha value is -4.15. The van der Waals surface area contributed by atoms with Gasteiger partial charge in [0.1, 0.15) is 0 Å². The van der Waals surface area contributed by atoms with Crippen molar-refractivity contribution in [3.8, 4) is 33.4 Å². The maximum absolute atomic E-state index is 13.5. The number of benzene rings is 5. The fourth-order valence-electron chi connectivity index (χ4n) is 4.15. The standard InChI is InChI=1S/C31H25NO2S/c1-23-17-19-28(20-18-23)35(33,34)32-31-29(25-13-7-3-8-14-25)21-27(24-11-5-2-6-12-24)22-30(31)26-15-9-4-10-16-26/h2-22,32H,1H3. The molecule has 0 aliphatic heterocycles. The average Bonchev–Trinajstić information content (AvgIpc) is 2.90. The minimum absolute atomic E-state index is 0.230. The summed E-state index contributed by atoms with van der Waals surface area (Å²) in [6.07, 6.45) is 0. The van der Waals surface area contributed by atoms with Gasteiger partial charge in [0.25, 0.3) is 10.0 Å². The van der Waals surface area contributed by atoms with Gasteiger partial charge in [-0.1, -0.05) is 109 Å². The van der Waals surface area contributed by atoms with Gasteiger partial charge in [0.05, 0.1) is 10.6 Å². The molecule has 0 spiro atoms. The zero-order chi connectivity index (χ0) is 24.3. The summed E-state index contributed by atoms with van der Waals surface area (Å²) in [7, 11) is -3.82. The molecule has 4 heteroatoms. The van der Waals surface area contributed by atoms with Crippen molar-refractivity contribution in [3.63, 3.8) is 0 Å². The van der Waals surface area contributed by atoms with E-state index in [0.717, 1.165) is 38.9 Å². The highest BCUT2D eigenvalue weighted by atomic mass is 32.2. The highest BCUT2D eigenvalue weighted by Crippen LogP contribution is 2.42. The van der Waals surface area contributed by atoms with E-state index < -0.39 is 10.0 Å². The van der Waals surface area contributed by atoms with Crippen LogP contribution >= 0.6 is 0 Å². The Bertz CT molecular complexity index is 1490. The summed E-state index contributed by atoms with van der Waals surface area (Å²) in [6.45, 7) is 1.94. The first kappa shape index (κ1) is 22.6. The van der Waals surface area contributed by atoms with Gasteiger partial charge in [-0.2, -0.15) is 0 Å². The molecule has 5 rings (SSSR count). The van der Waals surface area contributed by atoms with Crippen LogP contribution in [0.2, 0.25) is 0 Å². The Labute approximate surface area is 206 Å². The number of aryl methyl sites for hydroxylation is 1. The second-order valence-corrected chi connectivity index (χ2v) is 10.1. The lowest BCUT2D eigenvalue weighted by Crippen LogP contribution is -2.14. The normalized spacial score (nSPS) is 11.2. The number of sulfonamides is 1. The predicted octanol–water partition coefficient (Wildman–Crippen LogP) is 7.80. The second kappa shape index (κ2) is 9.61. The molecule has 0 aromatic heterocycles. The second-order valence-electron chi connectivity index (χ2n) is 8.46. The van der Waals surface area contributed by atoms with Crippen molar-refractivity contribution in [1.29, 1.82) is 0 Å². The minimum Gasteiger partial charge on any atom is -0.278 e. The van der Waals surface area contributed by atoms with E-state index in [-0.39, 0.29) is 4.90 Å². The fourth-order valence-corrected chi connectivity index (χ4v) is 5.25. The summed E-state index contributed by atoms with van der Waals surface area (Å²) in [6, 6.07) is 40.9. The summed E-state index contributed by atoms with van der Waals surface area (Å²) >= 11 is 0. The number of anilines is 1. The maximum Gasteiger partial charge on any atom is 0.261 e. The van der Waals surface area contributed by atoms with Crippen LogP contribution in [-0.2, 0) is 10.0 Å². The Morgan fingerprint density at radius 3 is 1.40 bits per heavy atom. The van der Waals surface area contributed by atoms with Gasteiger partial charge in [0, 0.05) is 11.1 Å². The maximum atomic E-state index is 13.5. The zero-order valence-corrected chi connectivity index (χ0v) is 20.2. The molecule has 0 fully saturated rings. The lowest BCUT2D eigenvalue weighted by atomic mass is 9.91. The Morgan fingerprint density at radius 1 is 0.514 bits per heavy atom. The third kappa shape index (κ3) is 4.88. The molecule has 5 aromatic carbocycles. The molecule has 0 amide bonds. The quantitative estimate of drug-likeness (QED) is 0.272. The van der Waals surface area contributed by atoms with E-state index in [1.807, 2.05) is 97.9 Å². The van der Waals surface area contributed by atoms with Crippen LogP contribution in [-0.4, -0.2) is 8.42 Å². The Morgan fingerprint density at radius 2 is 0.943 bits per heavy atom. The van der Waals surface area contributed by atoms with Crippen LogP contribution in [0.15, 0.2) is 132 Å². The first-order chi connectivity index (χ1) is 17.0. The lowest BCUT2D eigenvalue weighted by molar-refractivity contribution is 0.601. The molecular weight excluding hydrogens is 450 g/mol. The minimum atomic E-state index is -3.82. The van der Waals surface area contributed by atoms with Crippen molar-refractivity contribution < 1.29 is 8.42 Å². The van der Waals surface area contributed by atoms with Gasteiger partial charge < -0.3 is 0 Å². The van der Waals surface area contributed by atoms with E-state index in [1.54, 1.807) is 12.1 Å². The molecule has 0 heterocycles. The first-order valence-electron chi connectivity index (χ1n) is 11.4. The summed E-state index contributed by atoms with van der Waals surface area (Å²) in [5.41, 5.74) is 7.15. The summed E-state index contributed by atoms with van der Waals surface area (Å²) in [5.74, 6) is 0. The van der Waals surface area contributed by atoms with Crippen molar-refractivity contribution in [3.05, 3.63) is 133 Å². The molecule has 0 radical (unpaired) electrons. The van der Waals surface area contributed by atoms with Gasteiger partial charge in [-0.05, 0) is 53.4 Å². The lowest BCUT2D eigenvalue weighted by Gasteiger charge is -2.20. The molecule has 3 nitrogen and oxygen atoms in total. The van der Waals surface area contributed by atoms with Crippen molar-refractivity contribution in [1.82, 2.24) is 0 Å². The van der Waals surface area contributed by atoms with Crippen molar-refractivity contribution >= 4 is 15.7 Å². The summed E-state index contributed by atoms with van der Waals surface area (Å²) in [5, 5.41) is 0. The Balaban J connectivity index is 1.77. The molecule has 0 bridgehead atoms. The van der Waals surface area contributed by atoms with E-state index in [2.05, 4.69) is 29.0 Å². The predicted molar refractivity (Wildman–Crippen MR) is 145 cm³/mol. The van der Waals surface area contributed by atoms with Gasteiger partial charge >= 0.3 is 0 Å². The van der Waals surface area contributed by atoms with Crippen molar-refractivity contribution in [2.24, 2.45) is 0 Å². The SMILES string of the molecule is Cc1ccc(S(=O)(=O)Nc2c(-c3ccccc3)cc(-c3ccccc3)cc2-c2ccccc2)cc1. The third-order valence-corrected chi connectivity index (χ3v) is 7.35. The molecule has 5 aromatic rings. The molecule has 0 aliphatic carbocycles. The van der Waals surface area contributed by atoms with Crippen molar-refractivity contribution in [2.45, 2.75) is 11.8 Å². The van der Waals surface area contributed by atoms with Crippen molar-refractivity contribution in [2.75, 3.05) is 4.72 Å². The van der Waals surface area contributed by atoms with E-state index in [0.29, 0.717) is 5.69 Å². The fraction of sp³-hybridized carbons (Fsp3) is 0.0323. The number of hydrogen-bond acceptors (Lipinski definition) is 2. The van der Waals surface area contributed by atoms with Gasteiger partial charge in [0.2, 0.25) is 0 Å². The smallest absolute Gasteiger partial charge is 0.261 e. The zero-order valence-electron chi connectivity index (χ0n) is 19.3. The Kier molecular flexibility index (Phi) is 6.21. The topological polar surface area (TPSA) is 46.2 Å². The molecular formula is C31H25NO2S. The van der Waals surface area contributed by atoms with Crippen LogP contribution in [0, 0.1) is 6.92 Å². The van der Waals surface area contributed by atoms with Crippen LogP contribution in [0.1, 0.15) is 5.56 Å². The van der Waals surface area contributed by atoms with Gasteiger partial charge in [-0.3, -0.25) is 4.72 Å². The summed E-state index contributed by atoms with van der Waals surface area (Å²) in [4.78, 5) is 0.230. The highest BCUT2D eigenvalue weighted by molar-refractivity contribution is 7.92. The molecule has 0 saturated heterocycles. The van der Waals surface area contributed by atoms with Gasteiger partial charge in [-0.25, -0.2) is 8.42 Å². The third-order valence-electron chi connectivity index (χ3n) is 5.98. The molecule has 0 atom stereocenters. The van der Waals surface area contributed by atoms with Crippen LogP contribution < -0.4 is 4.72 Å². The van der Waals surface area contributed by atoms with Crippen LogP contribution in [0.5, 0.6) is 0 Å². The van der Waals surface area contributed by atoms with E-state index in [4.69, 9.17) is 0 Å². The number of rotatable bonds is 6. The molecule has 0 unspecified atom stereocenters. The molecule has 172 valence electrons. The van der Waals surface area contributed by atoms with Crippen LogP contribution in [0.25, 0.3) is 33.4 Å². The number of nitrogens with one attached hydrogen (secondary N) is 1. The van der Waals surface area contributed by atoms with E-state index in [9.17, 15) is 8.42 Å². The molecule has 0 aliphatic rings. The monoisotopic (exact) mass is 475 g/mol. The first-order valence-corrected chi connectivity index (χ1v) is 12.9. The van der Waals surface area contributed by atoms with Crippen LogP contribution in [0.3, 0.4) is 0 Å². The highest BCUT2D eigenvalue weighted by Gasteiger charge is 2.21. The summed E-state index contributed by atoms with van der Waals surface area (Å²) < 4.78 is 30.0. The average molecular weight is 476 g/mol. The largest absolute Gasteiger partial charge is 0.278 e.